The number of aromatic nitrogens is 3. The number of aryl methyl sites for hydroxylation is 1. The zero-order valence-corrected chi connectivity index (χ0v) is 19.1. The average molecular weight is 463 g/mol. The van der Waals surface area contributed by atoms with E-state index in [1.165, 1.54) is 24.6 Å². The summed E-state index contributed by atoms with van der Waals surface area (Å²) in [6.45, 7) is 4.20. The van der Waals surface area contributed by atoms with Gasteiger partial charge in [-0.15, -0.1) is 11.3 Å². The topological polar surface area (TPSA) is 132 Å². The molecule has 0 spiro atoms. The van der Waals surface area contributed by atoms with E-state index < -0.39 is 0 Å². The molecule has 1 aromatic carbocycles. The Labute approximate surface area is 194 Å². The van der Waals surface area contributed by atoms with Crippen LogP contribution in [0.1, 0.15) is 17.5 Å². The smallest absolute Gasteiger partial charge is 0.279 e. The summed E-state index contributed by atoms with van der Waals surface area (Å²) in [6.07, 6.45) is 3.01. The number of hydrogen-bond acceptors (Lipinski definition) is 5. The van der Waals surface area contributed by atoms with E-state index in [4.69, 9.17) is 20.9 Å². The Hall–Kier alpha value is -4.05. The van der Waals surface area contributed by atoms with Crippen molar-refractivity contribution >= 4 is 34.9 Å². The quantitative estimate of drug-likeness (QED) is 0.207. The van der Waals surface area contributed by atoms with Gasteiger partial charge in [-0.2, -0.15) is 5.10 Å². The Bertz CT molecular complexity index is 1340. The molecule has 4 aromatic rings. The number of pyridine rings is 1. The molecular formula is C23H24N7O2S+. The Morgan fingerprint density at radius 1 is 1.33 bits per heavy atom. The highest BCUT2D eigenvalue weighted by Gasteiger charge is 2.23. The van der Waals surface area contributed by atoms with Gasteiger partial charge in [-0.05, 0) is 18.0 Å². The van der Waals surface area contributed by atoms with E-state index in [0.717, 1.165) is 37.9 Å². The monoisotopic (exact) mass is 462 g/mol. The van der Waals surface area contributed by atoms with Gasteiger partial charge in [-0.3, -0.25) is 10.2 Å². The molecule has 33 heavy (non-hydrogen) atoms. The minimum atomic E-state index is -0.0911. The SMILES string of the molecule is CC(=O)NCCOc1ccn2nc(C)c(-c3nc(-c4ccccc4)c(C(N)=NC=[NH2+])s3)c2c1. The largest absolute Gasteiger partial charge is 0.492 e. The van der Waals surface area contributed by atoms with Crippen LogP contribution < -0.4 is 21.2 Å². The number of amidine groups is 1. The van der Waals surface area contributed by atoms with Gasteiger partial charge in [0.2, 0.25) is 5.91 Å². The fraction of sp³-hybridized carbons (Fsp3) is 0.174. The summed E-state index contributed by atoms with van der Waals surface area (Å²) in [5, 5.41) is 13.6. The van der Waals surface area contributed by atoms with Gasteiger partial charge in [0.25, 0.3) is 12.2 Å². The molecule has 0 radical (unpaired) electrons. The minimum Gasteiger partial charge on any atom is -0.492 e. The molecule has 0 unspecified atom stereocenters. The number of thiazole rings is 1. The zero-order chi connectivity index (χ0) is 23.4. The van der Waals surface area contributed by atoms with Gasteiger partial charge in [0, 0.05) is 24.8 Å². The fourth-order valence-corrected chi connectivity index (χ4v) is 4.53. The predicted octanol–water partition coefficient (Wildman–Crippen LogP) is 1.44. The van der Waals surface area contributed by atoms with E-state index >= 15 is 0 Å². The number of amides is 1. The van der Waals surface area contributed by atoms with Crippen molar-refractivity contribution in [1.82, 2.24) is 19.9 Å². The first-order valence-corrected chi connectivity index (χ1v) is 11.1. The summed E-state index contributed by atoms with van der Waals surface area (Å²) in [4.78, 5) is 20.8. The molecule has 10 heteroatoms. The van der Waals surface area contributed by atoms with Crippen LogP contribution in [-0.4, -0.2) is 45.8 Å². The van der Waals surface area contributed by atoms with Gasteiger partial charge in [0.1, 0.15) is 22.2 Å². The van der Waals surface area contributed by atoms with Crippen molar-refractivity contribution in [2.75, 3.05) is 13.2 Å². The molecule has 0 aliphatic rings. The maximum absolute atomic E-state index is 11.0. The first kappa shape index (κ1) is 22.2. The first-order chi connectivity index (χ1) is 16.0. The highest BCUT2D eigenvalue weighted by molar-refractivity contribution is 7.17. The lowest BCUT2D eigenvalue weighted by molar-refractivity contribution is -0.119. The summed E-state index contributed by atoms with van der Waals surface area (Å²) >= 11 is 1.44. The van der Waals surface area contributed by atoms with Gasteiger partial charge in [-0.25, -0.2) is 9.50 Å². The Morgan fingerprint density at radius 2 is 2.12 bits per heavy atom. The second-order valence-electron chi connectivity index (χ2n) is 7.21. The number of nitrogens with one attached hydrogen (secondary N) is 1. The van der Waals surface area contributed by atoms with Crippen LogP contribution in [0.15, 0.2) is 53.7 Å². The van der Waals surface area contributed by atoms with E-state index in [1.54, 1.807) is 4.52 Å². The lowest BCUT2D eigenvalue weighted by atomic mass is 10.1. The molecule has 1 amide bonds. The average Bonchev–Trinajstić information content (AvgIpc) is 3.37. The molecule has 0 fully saturated rings. The van der Waals surface area contributed by atoms with Crippen molar-refractivity contribution in [2.45, 2.75) is 13.8 Å². The van der Waals surface area contributed by atoms with Crippen molar-refractivity contribution in [3.8, 4) is 27.6 Å². The maximum Gasteiger partial charge on any atom is 0.279 e. The molecule has 0 saturated carbocycles. The molecule has 3 aromatic heterocycles. The summed E-state index contributed by atoms with van der Waals surface area (Å²) in [5.74, 6) is 0.885. The number of ether oxygens (including phenoxy) is 1. The van der Waals surface area contributed by atoms with Crippen LogP contribution in [-0.2, 0) is 4.79 Å². The van der Waals surface area contributed by atoms with Crippen LogP contribution in [0.3, 0.4) is 0 Å². The first-order valence-electron chi connectivity index (χ1n) is 10.3. The van der Waals surface area contributed by atoms with Crippen LogP contribution >= 0.6 is 11.3 Å². The van der Waals surface area contributed by atoms with Gasteiger partial charge in [0.05, 0.1) is 29.0 Å². The van der Waals surface area contributed by atoms with E-state index in [1.807, 2.05) is 55.6 Å². The molecule has 9 nitrogen and oxygen atoms in total. The zero-order valence-electron chi connectivity index (χ0n) is 18.3. The molecule has 0 bridgehead atoms. The van der Waals surface area contributed by atoms with Crippen LogP contribution in [0.4, 0.5) is 0 Å². The summed E-state index contributed by atoms with van der Waals surface area (Å²) in [5.41, 5.74) is 10.4. The number of nitrogens with two attached hydrogens (primary N) is 2. The highest BCUT2D eigenvalue weighted by Crippen LogP contribution is 2.37. The molecule has 0 atom stereocenters. The number of carbonyl (C=O) groups is 1. The lowest BCUT2D eigenvalue weighted by Gasteiger charge is -2.07. The Balaban J connectivity index is 1.77. The van der Waals surface area contributed by atoms with E-state index in [-0.39, 0.29) is 5.91 Å². The number of carbonyl (C=O) groups excluding carboxylic acids is 1. The summed E-state index contributed by atoms with van der Waals surface area (Å²) in [7, 11) is 0. The van der Waals surface area contributed by atoms with Crippen LogP contribution in [0.25, 0.3) is 27.3 Å². The minimum absolute atomic E-state index is 0.0911. The molecule has 5 N–H and O–H groups in total. The summed E-state index contributed by atoms with van der Waals surface area (Å²) < 4.78 is 7.59. The van der Waals surface area contributed by atoms with Crippen molar-refractivity contribution < 1.29 is 14.9 Å². The number of fused-ring (bicyclic) bond motifs is 1. The standard InChI is InChI=1S/C23H23N7O2S/c1-14-19(18-12-17(8-10-30(18)29-14)32-11-9-26-15(2)31)23-28-20(16-6-4-3-5-7-16)21(33-23)22(25)27-13-24/h3-8,10,12-13H,9,11H2,1-2H3,(H,26,31)(H3,24,25,27)/p+1. The van der Waals surface area contributed by atoms with E-state index in [9.17, 15) is 4.79 Å². The summed E-state index contributed by atoms with van der Waals surface area (Å²) in [6, 6.07) is 13.6. The lowest BCUT2D eigenvalue weighted by Crippen LogP contribution is -2.30. The number of benzene rings is 1. The molecule has 0 saturated heterocycles. The molecule has 3 heterocycles. The highest BCUT2D eigenvalue weighted by atomic mass is 32.1. The second kappa shape index (κ2) is 9.61. The second-order valence-corrected chi connectivity index (χ2v) is 8.21. The van der Waals surface area contributed by atoms with Crippen molar-refractivity contribution in [1.29, 1.82) is 0 Å². The Morgan fingerprint density at radius 3 is 2.85 bits per heavy atom. The van der Waals surface area contributed by atoms with E-state index in [0.29, 0.717) is 24.7 Å². The van der Waals surface area contributed by atoms with Crippen molar-refractivity contribution in [3.63, 3.8) is 0 Å². The van der Waals surface area contributed by atoms with Gasteiger partial charge in [-0.1, -0.05) is 30.3 Å². The van der Waals surface area contributed by atoms with E-state index in [2.05, 4.69) is 15.4 Å². The number of rotatable bonds is 8. The third kappa shape index (κ3) is 4.75. The molecule has 168 valence electrons. The van der Waals surface area contributed by atoms with Crippen LogP contribution in [0.5, 0.6) is 5.75 Å². The number of aliphatic imine (C=N–C) groups is 1. The molecule has 0 aliphatic heterocycles. The van der Waals surface area contributed by atoms with Crippen molar-refractivity contribution in [3.05, 3.63) is 59.2 Å². The predicted molar refractivity (Wildman–Crippen MR) is 129 cm³/mol. The number of nitrogens with zero attached hydrogens (tertiary/aromatic N) is 4. The molecule has 4 rings (SSSR count). The van der Waals surface area contributed by atoms with Crippen LogP contribution in [0, 0.1) is 6.92 Å². The molecule has 0 aliphatic carbocycles. The normalized spacial score (nSPS) is 11.5. The maximum atomic E-state index is 11.0. The van der Waals surface area contributed by atoms with Gasteiger partial charge >= 0.3 is 0 Å². The van der Waals surface area contributed by atoms with Gasteiger partial charge in [0.15, 0.2) is 0 Å². The third-order valence-electron chi connectivity index (χ3n) is 4.86. The van der Waals surface area contributed by atoms with Crippen LogP contribution in [0.2, 0.25) is 0 Å². The van der Waals surface area contributed by atoms with Crippen molar-refractivity contribution in [2.24, 2.45) is 10.7 Å². The molecular weight excluding hydrogens is 438 g/mol. The number of hydrogen-bond donors (Lipinski definition) is 3. The third-order valence-corrected chi connectivity index (χ3v) is 5.96. The Kier molecular flexibility index (Phi) is 6.45. The van der Waals surface area contributed by atoms with Gasteiger partial charge < -0.3 is 15.8 Å². The fourth-order valence-electron chi connectivity index (χ4n) is 3.43.